The highest BCUT2D eigenvalue weighted by Crippen LogP contribution is 2.43. The van der Waals surface area contributed by atoms with Gasteiger partial charge in [0.05, 0.1) is 16.8 Å². The largest absolute Gasteiger partial charge is 0.491 e. The van der Waals surface area contributed by atoms with Gasteiger partial charge in [0.25, 0.3) is 5.91 Å². The topological polar surface area (TPSA) is 147 Å². The van der Waals surface area contributed by atoms with Gasteiger partial charge in [0, 0.05) is 29.3 Å². The molecule has 1 aliphatic carbocycles. The number of hydrogen-bond donors (Lipinski definition) is 4. The molecule has 2 aromatic heterocycles. The molecule has 0 radical (unpaired) electrons. The second-order valence-corrected chi connectivity index (χ2v) is 11.2. The molecule has 9 nitrogen and oxygen atoms in total. The van der Waals surface area contributed by atoms with Gasteiger partial charge in [0.1, 0.15) is 11.5 Å². The standard InChI is InChI=1S/C25H22BF3N4O5S/c27-17-6-3-14(4-7-17)24-21(25(30)34)20-9-18(13-1-2-13)16(11-33(20)32-24)12-39(37,38)31-10-15-5-8-19(26(35)36)23(29)22(15)28/h3-9,11,13,31,35-36H,1-2,10,12H2,(H2,30,34). The van der Waals surface area contributed by atoms with Crippen molar-refractivity contribution in [1.82, 2.24) is 14.3 Å². The smallest absolute Gasteiger partial charge is 0.423 e. The van der Waals surface area contributed by atoms with Gasteiger partial charge in [-0.05, 0) is 60.2 Å². The van der Waals surface area contributed by atoms with Crippen LogP contribution in [0.15, 0.2) is 48.7 Å². The summed E-state index contributed by atoms with van der Waals surface area (Å²) in [6.45, 7) is -0.573. The van der Waals surface area contributed by atoms with Gasteiger partial charge in [-0.25, -0.2) is 30.8 Å². The molecule has 4 aromatic rings. The van der Waals surface area contributed by atoms with Gasteiger partial charge in [0.2, 0.25) is 10.0 Å². The van der Waals surface area contributed by atoms with E-state index in [0.29, 0.717) is 22.2 Å². The number of amides is 1. The third-order valence-corrected chi connectivity index (χ3v) is 7.84. The van der Waals surface area contributed by atoms with E-state index in [1.165, 1.54) is 35.0 Å². The van der Waals surface area contributed by atoms with Crippen LogP contribution in [0.3, 0.4) is 0 Å². The Kier molecular flexibility index (Phi) is 6.97. The third kappa shape index (κ3) is 5.41. The minimum atomic E-state index is -4.07. The molecule has 0 atom stereocenters. The Morgan fingerprint density at radius 2 is 1.77 bits per heavy atom. The Labute approximate surface area is 221 Å². The van der Waals surface area contributed by atoms with Crippen LogP contribution in [0, 0.1) is 17.5 Å². The fourth-order valence-electron chi connectivity index (χ4n) is 4.48. The predicted molar refractivity (Wildman–Crippen MR) is 137 cm³/mol. The fraction of sp³-hybridized carbons (Fsp3) is 0.200. The number of rotatable bonds is 9. The van der Waals surface area contributed by atoms with Crippen LogP contribution < -0.4 is 15.9 Å². The highest BCUT2D eigenvalue weighted by Gasteiger charge is 2.30. The molecule has 0 aliphatic heterocycles. The second kappa shape index (κ2) is 10.1. The number of carbonyl (C=O) groups excluding carboxylic acids is 1. The molecule has 0 spiro atoms. The zero-order valence-corrected chi connectivity index (χ0v) is 21.1. The molecule has 2 aromatic carbocycles. The van der Waals surface area contributed by atoms with Crippen LogP contribution in [0.5, 0.6) is 0 Å². The number of nitrogens with zero attached hydrogens (tertiary/aromatic N) is 2. The summed E-state index contributed by atoms with van der Waals surface area (Å²) in [7, 11) is -6.30. The average molecular weight is 558 g/mol. The molecule has 5 rings (SSSR count). The normalized spacial score (nSPS) is 13.7. The van der Waals surface area contributed by atoms with Crippen LogP contribution in [0.1, 0.15) is 45.8 Å². The Hall–Kier alpha value is -3.72. The Bertz CT molecular complexity index is 1710. The lowest BCUT2D eigenvalue weighted by Crippen LogP contribution is -2.34. The first-order valence-electron chi connectivity index (χ1n) is 11.9. The van der Waals surface area contributed by atoms with E-state index in [0.717, 1.165) is 25.0 Å². The van der Waals surface area contributed by atoms with Crippen LogP contribution in [0.4, 0.5) is 13.2 Å². The molecule has 2 heterocycles. The molecule has 0 unspecified atom stereocenters. The summed E-state index contributed by atoms with van der Waals surface area (Å²) in [6, 6.07) is 9.04. The van der Waals surface area contributed by atoms with Gasteiger partial charge in [-0.2, -0.15) is 5.10 Å². The van der Waals surface area contributed by atoms with Crippen molar-refractivity contribution in [1.29, 1.82) is 0 Å². The summed E-state index contributed by atoms with van der Waals surface area (Å²) in [5, 5.41) is 22.6. The lowest BCUT2D eigenvalue weighted by Gasteiger charge is -2.13. The van der Waals surface area contributed by atoms with E-state index in [2.05, 4.69) is 9.82 Å². The van der Waals surface area contributed by atoms with Crippen LogP contribution in [0.2, 0.25) is 0 Å². The molecule has 14 heteroatoms. The van der Waals surface area contributed by atoms with Crippen molar-refractivity contribution < 1.29 is 36.4 Å². The second-order valence-electron chi connectivity index (χ2n) is 9.35. The van der Waals surface area contributed by atoms with Crippen molar-refractivity contribution in [2.75, 3.05) is 0 Å². The minimum Gasteiger partial charge on any atom is -0.423 e. The van der Waals surface area contributed by atoms with Gasteiger partial charge >= 0.3 is 7.12 Å². The number of pyridine rings is 1. The Balaban J connectivity index is 1.48. The fourth-order valence-corrected chi connectivity index (χ4v) is 5.61. The number of nitrogens with one attached hydrogen (secondary N) is 1. The number of benzene rings is 2. The quantitative estimate of drug-likeness (QED) is 0.230. The van der Waals surface area contributed by atoms with Crippen molar-refractivity contribution in [3.63, 3.8) is 0 Å². The highest BCUT2D eigenvalue weighted by molar-refractivity contribution is 7.88. The molecule has 0 saturated heterocycles. The van der Waals surface area contributed by atoms with Crippen molar-refractivity contribution >= 4 is 34.0 Å². The number of nitrogens with two attached hydrogens (primary N) is 1. The van der Waals surface area contributed by atoms with Crippen LogP contribution in [0.25, 0.3) is 16.8 Å². The van der Waals surface area contributed by atoms with E-state index >= 15 is 0 Å². The van der Waals surface area contributed by atoms with E-state index in [1.807, 2.05) is 0 Å². The molecule has 5 N–H and O–H groups in total. The number of fused-ring (bicyclic) bond motifs is 1. The summed E-state index contributed by atoms with van der Waals surface area (Å²) in [5.74, 6) is -4.54. The van der Waals surface area contributed by atoms with Gasteiger partial charge < -0.3 is 15.8 Å². The van der Waals surface area contributed by atoms with Gasteiger partial charge in [0.15, 0.2) is 11.6 Å². The highest BCUT2D eigenvalue weighted by atomic mass is 32.2. The first kappa shape index (κ1) is 26.9. The molecule has 1 amide bonds. The summed E-state index contributed by atoms with van der Waals surface area (Å²) in [5.41, 5.74) is 6.92. The summed E-state index contributed by atoms with van der Waals surface area (Å²) in [4.78, 5) is 12.4. The van der Waals surface area contributed by atoms with E-state index in [9.17, 15) is 26.4 Å². The lowest BCUT2D eigenvalue weighted by molar-refractivity contribution is 0.100. The monoisotopic (exact) mass is 558 g/mol. The molecule has 0 bridgehead atoms. The van der Waals surface area contributed by atoms with Gasteiger partial charge in [-0.3, -0.25) is 4.79 Å². The third-order valence-electron chi connectivity index (χ3n) is 6.57. The SMILES string of the molecule is NC(=O)c1c(-c2ccc(F)cc2)nn2cc(CS(=O)(=O)NCc3ccc(B(O)O)c(F)c3F)c(C3CC3)cc12. The Morgan fingerprint density at radius 1 is 1.08 bits per heavy atom. The van der Waals surface area contributed by atoms with Crippen molar-refractivity contribution in [3.8, 4) is 11.3 Å². The number of hydrogen-bond acceptors (Lipinski definition) is 6. The molecule has 1 saturated carbocycles. The van der Waals surface area contributed by atoms with Crippen molar-refractivity contribution in [2.45, 2.75) is 31.1 Å². The van der Waals surface area contributed by atoms with Crippen LogP contribution in [-0.2, 0) is 22.3 Å². The van der Waals surface area contributed by atoms with Gasteiger partial charge in [-0.1, -0.05) is 12.1 Å². The number of sulfonamides is 1. The Morgan fingerprint density at radius 3 is 2.38 bits per heavy atom. The molecule has 202 valence electrons. The molecule has 1 aliphatic rings. The number of carbonyl (C=O) groups is 1. The van der Waals surface area contributed by atoms with Crippen molar-refractivity contribution in [3.05, 3.63) is 88.4 Å². The summed E-state index contributed by atoms with van der Waals surface area (Å²) in [6.07, 6.45) is 3.11. The maximum absolute atomic E-state index is 14.3. The van der Waals surface area contributed by atoms with Crippen LogP contribution in [-0.4, -0.2) is 41.1 Å². The molecule has 1 fully saturated rings. The summed E-state index contributed by atoms with van der Waals surface area (Å²) >= 11 is 0. The number of aromatic nitrogens is 2. The van der Waals surface area contributed by atoms with E-state index in [4.69, 9.17) is 15.8 Å². The van der Waals surface area contributed by atoms with Gasteiger partial charge in [-0.15, -0.1) is 0 Å². The minimum absolute atomic E-state index is 0.0640. The zero-order valence-electron chi connectivity index (χ0n) is 20.2. The van der Waals surface area contributed by atoms with E-state index < -0.39 is 58.3 Å². The van der Waals surface area contributed by atoms with E-state index in [1.54, 1.807) is 6.07 Å². The number of primary amides is 1. The van der Waals surface area contributed by atoms with Crippen LogP contribution >= 0.6 is 0 Å². The predicted octanol–water partition coefficient (Wildman–Crippen LogP) is 1.69. The van der Waals surface area contributed by atoms with E-state index in [-0.39, 0.29) is 22.7 Å². The maximum atomic E-state index is 14.3. The summed E-state index contributed by atoms with van der Waals surface area (Å²) < 4.78 is 71.4. The molecule has 39 heavy (non-hydrogen) atoms. The maximum Gasteiger partial charge on any atom is 0.491 e. The average Bonchev–Trinajstić information content (AvgIpc) is 3.64. The first-order valence-corrected chi connectivity index (χ1v) is 13.5. The zero-order chi connectivity index (χ0) is 28.1. The molecular formula is C25H22BF3N4O5S. The van der Waals surface area contributed by atoms with Crippen molar-refractivity contribution in [2.24, 2.45) is 5.73 Å². The first-order chi connectivity index (χ1) is 18.4. The lowest BCUT2D eigenvalue weighted by atomic mass is 9.79. The molecular weight excluding hydrogens is 536 g/mol. The number of halogens is 3.